The first-order valence-corrected chi connectivity index (χ1v) is 5.25. The first kappa shape index (κ1) is 11.4. The van der Waals surface area contributed by atoms with Crippen LogP contribution in [0.3, 0.4) is 0 Å². The van der Waals surface area contributed by atoms with E-state index in [4.69, 9.17) is 5.41 Å². The van der Waals surface area contributed by atoms with Crippen LogP contribution in [0, 0.1) is 17.1 Å². The van der Waals surface area contributed by atoms with E-state index in [1.807, 2.05) is 0 Å². The molecule has 0 spiro atoms. The Morgan fingerprint density at radius 3 is 2.94 bits per heavy atom. The summed E-state index contributed by atoms with van der Waals surface area (Å²) in [5.41, 5.74) is 1.33. The van der Waals surface area contributed by atoms with Crippen LogP contribution in [0.5, 0.6) is 0 Å². The molecule has 0 bridgehead atoms. The van der Waals surface area contributed by atoms with E-state index in [0.717, 1.165) is 5.56 Å². The van der Waals surface area contributed by atoms with Crippen molar-refractivity contribution in [1.82, 2.24) is 5.32 Å². The summed E-state index contributed by atoms with van der Waals surface area (Å²) in [6, 6.07) is 6.14. The SMILES string of the molecule is CC1=NC(=N)NC(=O)C1Cc1cccc(F)c1. The van der Waals surface area contributed by atoms with Crippen molar-refractivity contribution in [2.24, 2.45) is 10.9 Å². The summed E-state index contributed by atoms with van der Waals surface area (Å²) in [5.74, 6) is -1.14. The molecule has 1 atom stereocenters. The average molecular weight is 233 g/mol. The highest BCUT2D eigenvalue weighted by molar-refractivity contribution is 6.16. The minimum atomic E-state index is -0.425. The summed E-state index contributed by atoms with van der Waals surface area (Å²) in [5, 5.41) is 9.63. The summed E-state index contributed by atoms with van der Waals surface area (Å²) in [4.78, 5) is 15.6. The molecule has 88 valence electrons. The Morgan fingerprint density at radius 2 is 2.29 bits per heavy atom. The van der Waals surface area contributed by atoms with Crippen LogP contribution in [0.25, 0.3) is 0 Å². The van der Waals surface area contributed by atoms with Crippen molar-refractivity contribution in [2.75, 3.05) is 0 Å². The molecule has 1 amide bonds. The van der Waals surface area contributed by atoms with Gasteiger partial charge in [-0.1, -0.05) is 12.1 Å². The maximum atomic E-state index is 13.0. The van der Waals surface area contributed by atoms with E-state index in [1.165, 1.54) is 12.1 Å². The van der Waals surface area contributed by atoms with Gasteiger partial charge in [0.2, 0.25) is 11.9 Å². The van der Waals surface area contributed by atoms with Crippen LogP contribution in [0.2, 0.25) is 0 Å². The highest BCUT2D eigenvalue weighted by Gasteiger charge is 2.26. The molecule has 1 aliphatic heterocycles. The lowest BCUT2D eigenvalue weighted by atomic mass is 9.93. The molecule has 0 fully saturated rings. The van der Waals surface area contributed by atoms with Crippen LogP contribution in [-0.4, -0.2) is 17.6 Å². The number of rotatable bonds is 2. The van der Waals surface area contributed by atoms with Gasteiger partial charge in [0.05, 0.1) is 5.92 Å². The summed E-state index contributed by atoms with van der Waals surface area (Å²) in [6.07, 6.45) is 0.395. The largest absolute Gasteiger partial charge is 0.294 e. The Kier molecular flexibility index (Phi) is 2.99. The second-order valence-corrected chi connectivity index (χ2v) is 3.98. The molecule has 2 N–H and O–H groups in total. The molecule has 1 unspecified atom stereocenters. The molecule has 0 saturated carbocycles. The first-order valence-electron chi connectivity index (χ1n) is 5.25. The van der Waals surface area contributed by atoms with Gasteiger partial charge in [0.25, 0.3) is 0 Å². The molecular weight excluding hydrogens is 221 g/mol. The monoisotopic (exact) mass is 233 g/mol. The summed E-state index contributed by atoms with van der Waals surface area (Å²) < 4.78 is 13.0. The van der Waals surface area contributed by atoms with Crippen molar-refractivity contribution >= 4 is 17.6 Å². The molecule has 1 aromatic carbocycles. The number of hydrogen-bond acceptors (Lipinski definition) is 2. The second-order valence-electron chi connectivity index (χ2n) is 3.98. The number of aliphatic imine (C=N–C) groups is 1. The van der Waals surface area contributed by atoms with Gasteiger partial charge in [0.1, 0.15) is 5.82 Å². The Labute approximate surface area is 98.1 Å². The van der Waals surface area contributed by atoms with Crippen LogP contribution >= 0.6 is 0 Å². The minimum Gasteiger partial charge on any atom is -0.294 e. The molecular formula is C12H12FN3O. The average Bonchev–Trinajstić information content (AvgIpc) is 2.23. The van der Waals surface area contributed by atoms with Gasteiger partial charge >= 0.3 is 0 Å². The van der Waals surface area contributed by atoms with E-state index in [2.05, 4.69) is 10.3 Å². The molecule has 5 heteroatoms. The van der Waals surface area contributed by atoms with E-state index in [0.29, 0.717) is 12.1 Å². The number of benzene rings is 1. The summed E-state index contributed by atoms with van der Waals surface area (Å²) >= 11 is 0. The lowest BCUT2D eigenvalue weighted by Gasteiger charge is -2.20. The zero-order valence-corrected chi connectivity index (χ0v) is 9.33. The number of amides is 1. The fourth-order valence-corrected chi connectivity index (χ4v) is 1.82. The number of carbonyl (C=O) groups is 1. The molecule has 2 rings (SSSR count). The highest BCUT2D eigenvalue weighted by atomic mass is 19.1. The number of hydrogen-bond donors (Lipinski definition) is 2. The van der Waals surface area contributed by atoms with Crippen LogP contribution in [0.1, 0.15) is 12.5 Å². The van der Waals surface area contributed by atoms with Gasteiger partial charge in [-0.15, -0.1) is 0 Å². The van der Waals surface area contributed by atoms with Crippen molar-refractivity contribution in [2.45, 2.75) is 13.3 Å². The molecule has 1 aromatic rings. The smallest absolute Gasteiger partial charge is 0.235 e. The Hall–Kier alpha value is -2.04. The highest BCUT2D eigenvalue weighted by Crippen LogP contribution is 2.14. The van der Waals surface area contributed by atoms with Gasteiger partial charge in [-0.2, -0.15) is 0 Å². The summed E-state index contributed by atoms with van der Waals surface area (Å²) in [6.45, 7) is 1.71. The number of carbonyl (C=O) groups excluding carboxylic acids is 1. The van der Waals surface area contributed by atoms with E-state index in [9.17, 15) is 9.18 Å². The Bertz CT molecular complexity index is 510. The van der Waals surface area contributed by atoms with Crippen molar-refractivity contribution in [3.05, 3.63) is 35.6 Å². The predicted molar refractivity (Wildman–Crippen MR) is 62.6 cm³/mol. The number of nitrogens with zero attached hydrogens (tertiary/aromatic N) is 1. The summed E-state index contributed by atoms with van der Waals surface area (Å²) in [7, 11) is 0. The fourth-order valence-electron chi connectivity index (χ4n) is 1.82. The molecule has 0 aliphatic carbocycles. The van der Waals surface area contributed by atoms with E-state index in [-0.39, 0.29) is 17.7 Å². The fraction of sp³-hybridized carbons (Fsp3) is 0.250. The molecule has 0 radical (unpaired) electrons. The third kappa shape index (κ3) is 2.55. The zero-order valence-electron chi connectivity index (χ0n) is 9.33. The van der Waals surface area contributed by atoms with Crippen molar-refractivity contribution < 1.29 is 9.18 Å². The minimum absolute atomic E-state index is 0.136. The lowest BCUT2D eigenvalue weighted by molar-refractivity contribution is -0.121. The predicted octanol–water partition coefficient (Wildman–Crippen LogP) is 1.51. The van der Waals surface area contributed by atoms with Crippen LogP contribution < -0.4 is 5.32 Å². The maximum Gasteiger partial charge on any atom is 0.235 e. The molecule has 1 aliphatic rings. The van der Waals surface area contributed by atoms with E-state index >= 15 is 0 Å². The number of guanidine groups is 1. The van der Waals surface area contributed by atoms with Crippen molar-refractivity contribution in [3.63, 3.8) is 0 Å². The number of nitrogens with one attached hydrogen (secondary N) is 2. The van der Waals surface area contributed by atoms with E-state index in [1.54, 1.807) is 19.1 Å². The third-order valence-electron chi connectivity index (χ3n) is 2.68. The second kappa shape index (κ2) is 4.45. The van der Waals surface area contributed by atoms with E-state index < -0.39 is 5.92 Å². The Balaban J connectivity index is 2.21. The third-order valence-corrected chi connectivity index (χ3v) is 2.68. The van der Waals surface area contributed by atoms with Crippen molar-refractivity contribution in [3.8, 4) is 0 Å². The topological polar surface area (TPSA) is 65.3 Å². The number of halogens is 1. The standard InChI is InChI=1S/C12H12FN3O/c1-7-10(11(17)16-12(14)15-7)6-8-3-2-4-9(13)5-8/h2-5,10H,6H2,1H3,(H2,14,16,17). The van der Waals surface area contributed by atoms with Crippen LogP contribution in [-0.2, 0) is 11.2 Å². The maximum absolute atomic E-state index is 13.0. The van der Waals surface area contributed by atoms with Gasteiger partial charge in [-0.25, -0.2) is 9.38 Å². The molecule has 1 heterocycles. The van der Waals surface area contributed by atoms with Gasteiger partial charge in [0, 0.05) is 5.71 Å². The van der Waals surface area contributed by atoms with Crippen molar-refractivity contribution in [1.29, 1.82) is 5.41 Å². The van der Waals surface area contributed by atoms with Gasteiger partial charge in [0.15, 0.2) is 0 Å². The van der Waals surface area contributed by atoms with Gasteiger partial charge in [-0.3, -0.25) is 15.5 Å². The normalized spacial score (nSPS) is 19.9. The zero-order chi connectivity index (χ0) is 12.4. The first-order chi connectivity index (χ1) is 8.06. The molecule has 0 saturated heterocycles. The van der Waals surface area contributed by atoms with Crippen LogP contribution in [0.15, 0.2) is 29.3 Å². The molecule has 17 heavy (non-hydrogen) atoms. The van der Waals surface area contributed by atoms with Gasteiger partial charge < -0.3 is 0 Å². The Morgan fingerprint density at radius 1 is 1.53 bits per heavy atom. The quantitative estimate of drug-likeness (QED) is 0.799. The van der Waals surface area contributed by atoms with Crippen LogP contribution in [0.4, 0.5) is 4.39 Å². The van der Waals surface area contributed by atoms with Gasteiger partial charge in [-0.05, 0) is 31.0 Å². The lowest BCUT2D eigenvalue weighted by Crippen LogP contribution is -2.43. The molecule has 4 nitrogen and oxygen atoms in total. The molecule has 0 aromatic heterocycles.